The minimum Gasteiger partial charge on any atom is -0.299 e. The van der Waals surface area contributed by atoms with Crippen molar-refractivity contribution in [1.29, 1.82) is 0 Å². The average Bonchev–Trinajstić information content (AvgIpc) is 2.81. The monoisotopic (exact) mass is 320 g/mol. The second-order valence-corrected chi connectivity index (χ2v) is 7.23. The van der Waals surface area contributed by atoms with E-state index in [1.807, 2.05) is 0 Å². The summed E-state index contributed by atoms with van der Waals surface area (Å²) in [4.78, 5) is 10.8. The van der Waals surface area contributed by atoms with Crippen molar-refractivity contribution in [3.8, 4) is 0 Å². The van der Waals surface area contributed by atoms with Crippen molar-refractivity contribution in [3.63, 3.8) is 0 Å². The molecule has 2 rings (SSSR count). The van der Waals surface area contributed by atoms with Crippen LogP contribution in [0.15, 0.2) is 29.2 Å². The molecule has 0 spiro atoms. The quantitative estimate of drug-likeness (QED) is 0.856. The first-order chi connectivity index (χ1) is 9.72. The number of carbonyl (C=O) groups is 1. The maximum absolute atomic E-state index is 12.9. The van der Waals surface area contributed by atoms with Gasteiger partial charge in [0.2, 0.25) is 0 Å². The van der Waals surface area contributed by atoms with Gasteiger partial charge < -0.3 is 0 Å². The van der Waals surface area contributed by atoms with Crippen molar-refractivity contribution in [2.75, 3.05) is 5.75 Å². The molecule has 0 N–H and O–H groups in total. The Morgan fingerprint density at radius 2 is 1.86 bits per heavy atom. The minimum absolute atomic E-state index is 0.00862. The van der Waals surface area contributed by atoms with Crippen molar-refractivity contribution in [2.45, 2.75) is 36.8 Å². The van der Waals surface area contributed by atoms with E-state index in [0.29, 0.717) is 12.8 Å². The summed E-state index contributed by atoms with van der Waals surface area (Å²) in [6.07, 6.45) is -2.85. The molecule has 0 saturated heterocycles. The van der Waals surface area contributed by atoms with Gasteiger partial charge in [0.1, 0.15) is 5.78 Å². The smallest absolute Gasteiger partial charge is 0.299 e. The van der Waals surface area contributed by atoms with Crippen LogP contribution in [0.1, 0.15) is 31.2 Å². The van der Waals surface area contributed by atoms with Crippen LogP contribution in [0.2, 0.25) is 0 Å². The summed E-state index contributed by atoms with van der Waals surface area (Å²) in [5.41, 5.74) is -1.15. The van der Waals surface area contributed by atoms with Gasteiger partial charge in [0.15, 0.2) is 9.84 Å². The number of hydrogen-bond acceptors (Lipinski definition) is 3. The summed E-state index contributed by atoms with van der Waals surface area (Å²) in [6, 6.07) is 4.15. The first-order valence-electron chi connectivity index (χ1n) is 6.63. The van der Waals surface area contributed by atoms with Gasteiger partial charge in [-0.2, -0.15) is 13.2 Å². The zero-order chi connectivity index (χ0) is 15.7. The van der Waals surface area contributed by atoms with Gasteiger partial charge in [0.25, 0.3) is 0 Å². The summed E-state index contributed by atoms with van der Waals surface area (Å²) in [5, 5.41) is 0. The van der Waals surface area contributed by atoms with Gasteiger partial charge in [-0.05, 0) is 31.4 Å². The molecule has 116 valence electrons. The maximum Gasteiger partial charge on any atom is 0.417 e. The maximum atomic E-state index is 12.9. The molecule has 1 aromatic carbocycles. The first-order valence-corrected chi connectivity index (χ1v) is 8.29. The van der Waals surface area contributed by atoms with Gasteiger partial charge in [0, 0.05) is 12.3 Å². The van der Waals surface area contributed by atoms with Crippen molar-refractivity contribution < 1.29 is 26.4 Å². The third kappa shape index (κ3) is 3.64. The van der Waals surface area contributed by atoms with Gasteiger partial charge in [-0.1, -0.05) is 12.1 Å². The van der Waals surface area contributed by atoms with Crippen LogP contribution in [0.3, 0.4) is 0 Å². The predicted molar refractivity (Wildman–Crippen MR) is 70.5 cm³/mol. The first kappa shape index (κ1) is 16.0. The van der Waals surface area contributed by atoms with E-state index in [4.69, 9.17) is 0 Å². The number of benzene rings is 1. The van der Waals surface area contributed by atoms with E-state index in [2.05, 4.69) is 0 Å². The lowest BCUT2D eigenvalue weighted by atomic mass is 10.1. The highest BCUT2D eigenvalue weighted by Crippen LogP contribution is 2.35. The minimum atomic E-state index is -4.72. The van der Waals surface area contributed by atoms with Gasteiger partial charge in [-0.3, -0.25) is 4.79 Å². The number of rotatable bonds is 4. The zero-order valence-corrected chi connectivity index (χ0v) is 12.0. The molecule has 0 amide bonds. The van der Waals surface area contributed by atoms with E-state index >= 15 is 0 Å². The molecule has 1 aromatic rings. The largest absolute Gasteiger partial charge is 0.417 e. The van der Waals surface area contributed by atoms with Crippen LogP contribution < -0.4 is 0 Å². The molecule has 1 saturated carbocycles. The highest BCUT2D eigenvalue weighted by Gasteiger charge is 2.37. The number of halogens is 3. The molecule has 0 radical (unpaired) electrons. The Bertz CT molecular complexity index is 635. The third-order valence-electron chi connectivity index (χ3n) is 3.69. The summed E-state index contributed by atoms with van der Waals surface area (Å²) >= 11 is 0. The lowest BCUT2D eigenvalue weighted by Gasteiger charge is -2.14. The predicted octanol–water partition coefficient (Wildman–Crippen LogP) is 3.24. The summed E-state index contributed by atoms with van der Waals surface area (Å²) < 4.78 is 62.9. The number of hydrogen-bond donors (Lipinski definition) is 0. The lowest BCUT2D eigenvalue weighted by Crippen LogP contribution is -2.18. The standard InChI is InChI=1S/C14H15F3O3S/c15-14(16,17)11-5-1-2-7-13(11)21(19,20)9-8-10-4-3-6-12(10)18/h1-2,5,7,10H,3-4,6,8-9H2. The Kier molecular flexibility index (Phi) is 4.41. The summed E-state index contributed by atoms with van der Waals surface area (Å²) in [6.45, 7) is 0. The van der Waals surface area contributed by atoms with Crippen molar-refractivity contribution in [3.05, 3.63) is 29.8 Å². The Balaban J connectivity index is 2.22. The molecule has 1 aliphatic rings. The van der Waals surface area contributed by atoms with Crippen LogP contribution in [0, 0.1) is 5.92 Å². The lowest BCUT2D eigenvalue weighted by molar-refractivity contribution is -0.139. The normalized spacial score (nSPS) is 20.0. The van der Waals surface area contributed by atoms with Gasteiger partial charge in [-0.25, -0.2) is 8.42 Å². The molecule has 0 aliphatic heterocycles. The molecule has 3 nitrogen and oxygen atoms in total. The highest BCUT2D eigenvalue weighted by atomic mass is 32.2. The number of Topliss-reactive ketones (excluding diaryl/α,β-unsaturated/α-hetero) is 1. The van der Waals surface area contributed by atoms with E-state index < -0.39 is 32.2 Å². The molecule has 0 aromatic heterocycles. The van der Waals surface area contributed by atoms with Crippen LogP contribution in [-0.2, 0) is 20.8 Å². The van der Waals surface area contributed by atoms with E-state index in [-0.39, 0.29) is 18.1 Å². The van der Waals surface area contributed by atoms with Gasteiger partial charge in [-0.15, -0.1) is 0 Å². The second-order valence-electron chi connectivity index (χ2n) is 5.16. The molecule has 1 aliphatic carbocycles. The SMILES string of the molecule is O=C1CCCC1CCS(=O)(=O)c1ccccc1C(F)(F)F. The number of carbonyl (C=O) groups excluding carboxylic acids is 1. The molecule has 1 unspecified atom stereocenters. The highest BCUT2D eigenvalue weighted by molar-refractivity contribution is 7.91. The van der Waals surface area contributed by atoms with Crippen molar-refractivity contribution in [2.24, 2.45) is 5.92 Å². The van der Waals surface area contributed by atoms with Crippen molar-refractivity contribution >= 4 is 15.6 Å². The Hall–Kier alpha value is -1.37. The van der Waals surface area contributed by atoms with Crippen LogP contribution in [0.25, 0.3) is 0 Å². The van der Waals surface area contributed by atoms with E-state index in [0.717, 1.165) is 24.6 Å². The fraction of sp³-hybridized carbons (Fsp3) is 0.500. The van der Waals surface area contributed by atoms with E-state index in [1.54, 1.807) is 0 Å². The molecule has 1 fully saturated rings. The molecule has 7 heteroatoms. The molecule has 0 heterocycles. The zero-order valence-electron chi connectivity index (χ0n) is 11.2. The van der Waals surface area contributed by atoms with Crippen molar-refractivity contribution in [1.82, 2.24) is 0 Å². The Morgan fingerprint density at radius 3 is 2.43 bits per heavy atom. The molecule has 21 heavy (non-hydrogen) atoms. The summed E-state index contributed by atoms with van der Waals surface area (Å²) in [7, 11) is -4.06. The Morgan fingerprint density at radius 1 is 1.19 bits per heavy atom. The van der Waals surface area contributed by atoms with Crippen LogP contribution in [0.5, 0.6) is 0 Å². The van der Waals surface area contributed by atoms with E-state index in [1.165, 1.54) is 6.07 Å². The van der Waals surface area contributed by atoms with E-state index in [9.17, 15) is 26.4 Å². The fourth-order valence-corrected chi connectivity index (χ4v) is 4.19. The number of alkyl halides is 3. The third-order valence-corrected chi connectivity index (χ3v) is 5.49. The molecular formula is C14H15F3O3S. The second kappa shape index (κ2) is 5.79. The van der Waals surface area contributed by atoms with Crippen LogP contribution in [0.4, 0.5) is 13.2 Å². The van der Waals surface area contributed by atoms with Gasteiger partial charge >= 0.3 is 6.18 Å². The number of ketones is 1. The Labute approximate surface area is 121 Å². The fourth-order valence-electron chi connectivity index (χ4n) is 2.57. The average molecular weight is 320 g/mol. The number of sulfone groups is 1. The topological polar surface area (TPSA) is 51.2 Å². The van der Waals surface area contributed by atoms with Gasteiger partial charge in [0.05, 0.1) is 16.2 Å². The van der Waals surface area contributed by atoms with Crippen LogP contribution >= 0.6 is 0 Å². The molecule has 0 bridgehead atoms. The molecule has 1 atom stereocenters. The summed E-state index contributed by atoms with van der Waals surface area (Å²) in [5.74, 6) is -0.761. The van der Waals surface area contributed by atoms with Crippen LogP contribution in [-0.4, -0.2) is 20.0 Å². The molecular weight excluding hydrogens is 305 g/mol.